The van der Waals surface area contributed by atoms with Gasteiger partial charge in [-0.15, -0.1) is 0 Å². The smallest absolute Gasteiger partial charge is 0.254 e. The van der Waals surface area contributed by atoms with Crippen LogP contribution in [0, 0.1) is 12.7 Å². The lowest BCUT2D eigenvalue weighted by atomic mass is 10.0. The van der Waals surface area contributed by atoms with Crippen LogP contribution >= 0.6 is 0 Å². The molecule has 1 aromatic carbocycles. The molecule has 0 atom stereocenters. The van der Waals surface area contributed by atoms with Crippen molar-refractivity contribution in [2.24, 2.45) is 5.73 Å². The van der Waals surface area contributed by atoms with E-state index in [2.05, 4.69) is 0 Å². The van der Waals surface area contributed by atoms with Gasteiger partial charge in [-0.25, -0.2) is 4.39 Å². The summed E-state index contributed by atoms with van der Waals surface area (Å²) in [6.45, 7) is 3.14. The molecule has 1 fully saturated rings. The lowest BCUT2D eigenvalue weighted by molar-refractivity contribution is 0.0714. The van der Waals surface area contributed by atoms with Gasteiger partial charge >= 0.3 is 0 Å². The van der Waals surface area contributed by atoms with E-state index >= 15 is 0 Å². The highest BCUT2D eigenvalue weighted by Gasteiger charge is 2.22. The Morgan fingerprint density at radius 1 is 1.41 bits per heavy atom. The molecule has 1 amide bonds. The summed E-state index contributed by atoms with van der Waals surface area (Å²) in [6, 6.07) is 4.48. The van der Waals surface area contributed by atoms with Crippen LogP contribution in [0.3, 0.4) is 0 Å². The molecule has 0 saturated carbocycles. The molecule has 0 aliphatic carbocycles. The Morgan fingerprint density at radius 2 is 2.06 bits per heavy atom. The first-order valence-electron chi connectivity index (χ1n) is 5.89. The predicted octanol–water partition coefficient (Wildman–Crippen LogP) is 1.70. The van der Waals surface area contributed by atoms with Gasteiger partial charge in [-0.1, -0.05) is 0 Å². The van der Waals surface area contributed by atoms with Gasteiger partial charge in [0, 0.05) is 24.7 Å². The lowest BCUT2D eigenvalue weighted by Gasteiger charge is -2.30. The van der Waals surface area contributed by atoms with Crippen molar-refractivity contribution in [1.82, 2.24) is 4.90 Å². The van der Waals surface area contributed by atoms with Gasteiger partial charge in [-0.3, -0.25) is 4.79 Å². The molecule has 0 aromatic heterocycles. The monoisotopic (exact) mass is 236 g/mol. The van der Waals surface area contributed by atoms with Crippen LogP contribution in [0.15, 0.2) is 18.2 Å². The van der Waals surface area contributed by atoms with Crippen molar-refractivity contribution in [1.29, 1.82) is 0 Å². The number of carbonyl (C=O) groups excluding carboxylic acids is 1. The number of carbonyl (C=O) groups is 1. The van der Waals surface area contributed by atoms with Crippen molar-refractivity contribution in [3.05, 3.63) is 35.1 Å². The molecular formula is C13H17FN2O. The largest absolute Gasteiger partial charge is 0.339 e. The number of benzene rings is 1. The van der Waals surface area contributed by atoms with E-state index in [0.29, 0.717) is 24.2 Å². The quantitative estimate of drug-likeness (QED) is 0.806. The summed E-state index contributed by atoms with van der Waals surface area (Å²) in [6.07, 6.45) is 1.68. The summed E-state index contributed by atoms with van der Waals surface area (Å²) in [5.74, 6) is -0.325. The van der Waals surface area contributed by atoms with E-state index in [1.54, 1.807) is 17.9 Å². The first kappa shape index (κ1) is 12.0. The Bertz CT molecular complexity index is 425. The minimum Gasteiger partial charge on any atom is -0.339 e. The third-order valence-electron chi connectivity index (χ3n) is 3.25. The molecule has 17 heavy (non-hydrogen) atoms. The maximum absolute atomic E-state index is 13.0. The molecule has 0 bridgehead atoms. The molecule has 0 unspecified atom stereocenters. The normalized spacial score (nSPS) is 17.2. The molecule has 4 heteroatoms. The first-order chi connectivity index (χ1) is 8.08. The number of nitrogens with zero attached hydrogens (tertiary/aromatic N) is 1. The van der Waals surface area contributed by atoms with Gasteiger partial charge in [-0.05, 0) is 43.5 Å². The Morgan fingerprint density at radius 3 is 2.65 bits per heavy atom. The second-order valence-corrected chi connectivity index (χ2v) is 4.59. The number of nitrogens with two attached hydrogens (primary N) is 1. The summed E-state index contributed by atoms with van der Waals surface area (Å²) in [4.78, 5) is 14.0. The fraction of sp³-hybridized carbons (Fsp3) is 0.462. The number of halogens is 1. The number of piperidine rings is 1. The molecule has 2 N–H and O–H groups in total. The van der Waals surface area contributed by atoms with Crippen LogP contribution in [-0.2, 0) is 0 Å². The van der Waals surface area contributed by atoms with E-state index in [9.17, 15) is 9.18 Å². The maximum Gasteiger partial charge on any atom is 0.254 e. The van der Waals surface area contributed by atoms with Gasteiger partial charge in [0.1, 0.15) is 5.82 Å². The zero-order valence-corrected chi connectivity index (χ0v) is 9.95. The minimum atomic E-state index is -0.306. The second-order valence-electron chi connectivity index (χ2n) is 4.59. The van der Waals surface area contributed by atoms with Crippen LogP contribution in [0.1, 0.15) is 28.8 Å². The van der Waals surface area contributed by atoms with Gasteiger partial charge in [0.2, 0.25) is 0 Å². The highest BCUT2D eigenvalue weighted by atomic mass is 19.1. The standard InChI is InChI=1S/C13H17FN2O/c1-9-8-10(14)2-3-12(9)13(17)16-6-4-11(15)5-7-16/h2-3,8,11H,4-7,15H2,1H3. The van der Waals surface area contributed by atoms with Crippen molar-refractivity contribution >= 4 is 5.91 Å². The molecule has 2 rings (SSSR count). The number of hydrogen-bond acceptors (Lipinski definition) is 2. The van der Waals surface area contributed by atoms with Crippen molar-refractivity contribution < 1.29 is 9.18 Å². The van der Waals surface area contributed by atoms with E-state index < -0.39 is 0 Å². The molecule has 3 nitrogen and oxygen atoms in total. The molecule has 0 radical (unpaired) electrons. The van der Waals surface area contributed by atoms with E-state index in [1.807, 2.05) is 0 Å². The molecule has 0 spiro atoms. The number of amides is 1. The number of rotatable bonds is 1. The highest BCUT2D eigenvalue weighted by Crippen LogP contribution is 2.16. The van der Waals surface area contributed by atoms with Crippen molar-refractivity contribution in [3.63, 3.8) is 0 Å². The third-order valence-corrected chi connectivity index (χ3v) is 3.25. The fourth-order valence-electron chi connectivity index (χ4n) is 2.14. The van der Waals surface area contributed by atoms with Crippen molar-refractivity contribution in [2.45, 2.75) is 25.8 Å². The first-order valence-corrected chi connectivity index (χ1v) is 5.89. The number of hydrogen-bond donors (Lipinski definition) is 1. The SMILES string of the molecule is Cc1cc(F)ccc1C(=O)N1CCC(N)CC1. The summed E-state index contributed by atoms with van der Waals surface area (Å²) >= 11 is 0. The Hall–Kier alpha value is -1.42. The van der Waals surface area contributed by atoms with E-state index in [4.69, 9.17) is 5.73 Å². The van der Waals surface area contributed by atoms with E-state index in [-0.39, 0.29) is 17.8 Å². The third kappa shape index (κ3) is 2.64. The summed E-state index contributed by atoms with van der Waals surface area (Å²) in [5, 5.41) is 0. The topological polar surface area (TPSA) is 46.3 Å². The van der Waals surface area contributed by atoms with Crippen molar-refractivity contribution in [2.75, 3.05) is 13.1 Å². The zero-order valence-electron chi connectivity index (χ0n) is 9.95. The zero-order chi connectivity index (χ0) is 12.4. The molecule has 1 aliphatic rings. The average Bonchev–Trinajstić information content (AvgIpc) is 2.29. The molecular weight excluding hydrogens is 219 g/mol. The van der Waals surface area contributed by atoms with Crippen molar-refractivity contribution in [3.8, 4) is 0 Å². The van der Waals surface area contributed by atoms with Gasteiger partial charge in [0.15, 0.2) is 0 Å². The molecule has 92 valence electrons. The Labute approximate surface area is 100 Å². The summed E-state index contributed by atoms with van der Waals surface area (Å²) in [7, 11) is 0. The highest BCUT2D eigenvalue weighted by molar-refractivity contribution is 5.95. The van der Waals surface area contributed by atoms with Gasteiger partial charge in [0.25, 0.3) is 5.91 Å². The van der Waals surface area contributed by atoms with Crippen LogP contribution in [0.5, 0.6) is 0 Å². The summed E-state index contributed by atoms with van der Waals surface area (Å²) in [5.41, 5.74) is 7.07. The van der Waals surface area contributed by atoms with Gasteiger partial charge in [-0.2, -0.15) is 0 Å². The summed E-state index contributed by atoms with van der Waals surface area (Å²) < 4.78 is 13.0. The van der Waals surface area contributed by atoms with Crippen LogP contribution in [-0.4, -0.2) is 29.9 Å². The van der Waals surface area contributed by atoms with Crippen LogP contribution in [0.2, 0.25) is 0 Å². The minimum absolute atomic E-state index is 0.0191. The molecule has 1 heterocycles. The Kier molecular flexibility index (Phi) is 3.43. The predicted molar refractivity (Wildman–Crippen MR) is 64.2 cm³/mol. The molecule has 1 saturated heterocycles. The molecule has 1 aromatic rings. The van der Waals surface area contributed by atoms with Crippen LogP contribution in [0.25, 0.3) is 0 Å². The second kappa shape index (κ2) is 4.84. The molecule has 1 aliphatic heterocycles. The van der Waals surface area contributed by atoms with Crippen LogP contribution < -0.4 is 5.73 Å². The van der Waals surface area contributed by atoms with E-state index in [0.717, 1.165) is 12.8 Å². The Balaban J connectivity index is 2.14. The number of aryl methyl sites for hydroxylation is 1. The van der Waals surface area contributed by atoms with Gasteiger partial charge in [0.05, 0.1) is 0 Å². The van der Waals surface area contributed by atoms with Crippen LogP contribution in [0.4, 0.5) is 4.39 Å². The fourth-order valence-corrected chi connectivity index (χ4v) is 2.14. The van der Waals surface area contributed by atoms with E-state index in [1.165, 1.54) is 12.1 Å². The maximum atomic E-state index is 13.0. The average molecular weight is 236 g/mol. The number of likely N-dealkylation sites (tertiary alicyclic amines) is 1. The van der Waals surface area contributed by atoms with Gasteiger partial charge < -0.3 is 10.6 Å². The lowest BCUT2D eigenvalue weighted by Crippen LogP contribution is -2.43.